The number of carbonyl (C=O) groups is 1. The number of nitrogens with zero attached hydrogens (tertiary/aromatic N) is 1. The predicted octanol–water partition coefficient (Wildman–Crippen LogP) is 5.21. The molecule has 34 heavy (non-hydrogen) atoms. The van der Waals surface area contributed by atoms with Crippen molar-refractivity contribution in [3.05, 3.63) is 87.7 Å². The Morgan fingerprint density at radius 3 is 2.59 bits per heavy atom. The lowest BCUT2D eigenvalue weighted by atomic mass is 10.1. The van der Waals surface area contributed by atoms with E-state index in [1.54, 1.807) is 42.5 Å². The number of ether oxygens (including phenoxy) is 2. The molecule has 176 valence electrons. The summed E-state index contributed by atoms with van der Waals surface area (Å²) in [5.41, 5.74) is 3.47. The van der Waals surface area contributed by atoms with Crippen molar-refractivity contribution >= 4 is 28.9 Å². The van der Waals surface area contributed by atoms with E-state index < -0.39 is 6.10 Å². The van der Waals surface area contributed by atoms with Gasteiger partial charge in [-0.25, -0.2) is 4.85 Å². The van der Waals surface area contributed by atoms with E-state index in [1.165, 1.54) is 0 Å². The Morgan fingerprint density at radius 1 is 1.09 bits per heavy atom. The summed E-state index contributed by atoms with van der Waals surface area (Å²) < 4.78 is 11.4. The number of anilines is 1. The lowest BCUT2D eigenvalue weighted by molar-refractivity contribution is -0.115. The maximum absolute atomic E-state index is 12.7. The molecule has 3 aromatic carbocycles. The van der Waals surface area contributed by atoms with Gasteiger partial charge >= 0.3 is 0 Å². The van der Waals surface area contributed by atoms with Crippen molar-refractivity contribution in [1.29, 1.82) is 0 Å². The lowest BCUT2D eigenvalue weighted by Gasteiger charge is -2.14. The largest absolute Gasteiger partial charge is 0.491 e. The van der Waals surface area contributed by atoms with Crippen molar-refractivity contribution in [2.24, 2.45) is 0 Å². The molecule has 3 N–H and O–H groups in total. The van der Waals surface area contributed by atoms with Gasteiger partial charge in [0, 0.05) is 10.7 Å². The molecule has 1 amide bonds. The monoisotopic (exact) mass is 480 g/mol. The van der Waals surface area contributed by atoms with E-state index >= 15 is 0 Å². The highest BCUT2D eigenvalue weighted by atomic mass is 35.5. The fourth-order valence-corrected chi connectivity index (χ4v) is 3.37. The van der Waals surface area contributed by atoms with Crippen LogP contribution in [0.2, 0.25) is 5.02 Å². The van der Waals surface area contributed by atoms with Gasteiger partial charge in [0.2, 0.25) is 5.91 Å². The molecule has 0 fully saturated rings. The second-order valence-electron chi connectivity index (χ2n) is 7.81. The van der Waals surface area contributed by atoms with E-state index in [-0.39, 0.29) is 25.5 Å². The minimum atomic E-state index is -0.948. The number of halogens is 1. The third kappa shape index (κ3) is 6.96. The number of nitrogens with one attached hydrogen (secondary N) is 1. The van der Waals surface area contributed by atoms with Crippen LogP contribution in [0.5, 0.6) is 17.2 Å². The van der Waals surface area contributed by atoms with Gasteiger partial charge in [0.15, 0.2) is 5.69 Å². The molecule has 0 heterocycles. The van der Waals surface area contributed by atoms with E-state index in [9.17, 15) is 9.90 Å². The fraction of sp³-hybridized carbons (Fsp3) is 0.231. The van der Waals surface area contributed by atoms with Gasteiger partial charge in [-0.05, 0) is 73.0 Å². The summed E-state index contributed by atoms with van der Waals surface area (Å²) in [5, 5.41) is 21.6. The third-order valence-corrected chi connectivity index (χ3v) is 5.17. The molecule has 3 aromatic rings. The number of aryl methyl sites for hydroxylation is 2. The summed E-state index contributed by atoms with van der Waals surface area (Å²) in [6.45, 7) is 10.5. The van der Waals surface area contributed by atoms with Gasteiger partial charge in [-0.15, -0.1) is 0 Å². The second-order valence-corrected chi connectivity index (χ2v) is 8.24. The van der Waals surface area contributed by atoms with Gasteiger partial charge in [0.25, 0.3) is 0 Å². The Hall–Kier alpha value is -3.57. The number of hydrogen-bond donors (Lipinski definition) is 3. The van der Waals surface area contributed by atoms with Crippen molar-refractivity contribution in [3.8, 4) is 17.2 Å². The summed E-state index contributed by atoms with van der Waals surface area (Å²) in [7, 11) is 0. The summed E-state index contributed by atoms with van der Waals surface area (Å²) in [5.74, 6) is 1.37. The molecule has 0 unspecified atom stereocenters. The molecule has 1 atom stereocenters. The number of carbonyl (C=O) groups excluding carboxylic acids is 1. The van der Waals surface area contributed by atoms with Crippen LogP contribution in [0.15, 0.2) is 54.6 Å². The third-order valence-electron chi connectivity index (χ3n) is 4.96. The molecule has 7 nitrogen and oxygen atoms in total. The maximum atomic E-state index is 12.7. The van der Waals surface area contributed by atoms with Crippen molar-refractivity contribution in [3.63, 3.8) is 0 Å². The molecule has 0 saturated carbocycles. The molecule has 0 radical (unpaired) electrons. The minimum absolute atomic E-state index is 0.0200. The SMILES string of the molecule is [C-]#[N+]c1cc(Cl)cc(Oc2cc(CC(=O)Nc3ccc(OC[C@@H](O)CO)cc3C)ccc2C)c1. The first-order valence-electron chi connectivity index (χ1n) is 10.5. The van der Waals surface area contributed by atoms with Gasteiger partial charge in [-0.1, -0.05) is 23.7 Å². The highest BCUT2D eigenvalue weighted by molar-refractivity contribution is 6.31. The molecule has 0 saturated heterocycles. The molecule has 3 rings (SSSR count). The Kier molecular flexibility index (Phi) is 8.50. The topological polar surface area (TPSA) is 92.4 Å². The standard InChI is InChI=1S/C26H25ClN2O5/c1-16-4-5-18(9-25(16)34-23-12-19(27)11-20(13-23)28-3)10-26(32)29-24-7-6-22(8-17(24)2)33-15-21(31)14-30/h4-9,11-13,21,30-31H,10,14-15H2,1-2H3,(H,29,32)/t21-/m0/s1. The Bertz CT molecular complexity index is 1220. The van der Waals surface area contributed by atoms with Crippen LogP contribution in [-0.4, -0.2) is 35.4 Å². The normalized spacial score (nSPS) is 11.4. The molecule has 0 aliphatic heterocycles. The van der Waals surface area contributed by atoms with Gasteiger partial charge in [-0.3, -0.25) is 4.79 Å². The molecule has 8 heteroatoms. The van der Waals surface area contributed by atoms with E-state index in [0.29, 0.717) is 33.6 Å². The fourth-order valence-electron chi connectivity index (χ4n) is 3.15. The molecular weight excluding hydrogens is 456 g/mol. The first-order valence-corrected chi connectivity index (χ1v) is 10.9. The van der Waals surface area contributed by atoms with Crippen LogP contribution in [0.25, 0.3) is 4.85 Å². The van der Waals surface area contributed by atoms with E-state index in [2.05, 4.69) is 10.2 Å². The summed E-state index contributed by atoms with van der Waals surface area (Å²) in [6, 6.07) is 15.5. The summed E-state index contributed by atoms with van der Waals surface area (Å²) in [4.78, 5) is 16.1. The van der Waals surface area contributed by atoms with Crippen molar-refractivity contribution in [2.75, 3.05) is 18.5 Å². The first kappa shape index (κ1) is 25.1. The zero-order valence-electron chi connectivity index (χ0n) is 18.8. The number of rotatable bonds is 9. The Labute approximate surface area is 203 Å². The molecular formula is C26H25ClN2O5. The van der Waals surface area contributed by atoms with Crippen molar-refractivity contribution in [2.45, 2.75) is 26.4 Å². The second kappa shape index (κ2) is 11.5. The van der Waals surface area contributed by atoms with Crippen LogP contribution in [0.4, 0.5) is 11.4 Å². The number of hydrogen-bond acceptors (Lipinski definition) is 5. The zero-order chi connectivity index (χ0) is 24.7. The van der Waals surface area contributed by atoms with E-state index in [0.717, 1.165) is 16.7 Å². The molecule has 0 aliphatic rings. The highest BCUT2D eigenvalue weighted by Crippen LogP contribution is 2.32. The molecule has 0 aliphatic carbocycles. The van der Waals surface area contributed by atoms with Gasteiger partial charge in [0.05, 0.1) is 19.6 Å². The number of aliphatic hydroxyl groups excluding tert-OH is 2. The number of aliphatic hydroxyl groups is 2. The van der Waals surface area contributed by atoms with Crippen LogP contribution >= 0.6 is 11.6 Å². The van der Waals surface area contributed by atoms with Gasteiger partial charge in [-0.2, -0.15) is 0 Å². The zero-order valence-corrected chi connectivity index (χ0v) is 19.6. The van der Waals surface area contributed by atoms with Crippen LogP contribution < -0.4 is 14.8 Å². The molecule has 0 bridgehead atoms. The summed E-state index contributed by atoms with van der Waals surface area (Å²) in [6.07, 6.45) is -0.809. The minimum Gasteiger partial charge on any atom is -0.491 e. The Balaban J connectivity index is 1.66. The quantitative estimate of drug-likeness (QED) is 0.365. The summed E-state index contributed by atoms with van der Waals surface area (Å²) >= 11 is 6.07. The van der Waals surface area contributed by atoms with Crippen molar-refractivity contribution < 1.29 is 24.5 Å². The van der Waals surface area contributed by atoms with Gasteiger partial charge < -0.3 is 25.0 Å². The van der Waals surface area contributed by atoms with Crippen LogP contribution in [0.3, 0.4) is 0 Å². The Morgan fingerprint density at radius 2 is 1.88 bits per heavy atom. The average molecular weight is 481 g/mol. The molecule has 0 spiro atoms. The number of benzene rings is 3. The van der Waals surface area contributed by atoms with Crippen molar-refractivity contribution in [1.82, 2.24) is 0 Å². The van der Waals surface area contributed by atoms with Crippen LogP contribution in [0.1, 0.15) is 16.7 Å². The predicted molar refractivity (Wildman–Crippen MR) is 131 cm³/mol. The number of amides is 1. The first-order chi connectivity index (χ1) is 16.3. The van der Waals surface area contributed by atoms with Crippen LogP contribution in [0, 0.1) is 20.4 Å². The van der Waals surface area contributed by atoms with Crippen LogP contribution in [-0.2, 0) is 11.2 Å². The lowest BCUT2D eigenvalue weighted by Crippen LogP contribution is -2.21. The maximum Gasteiger partial charge on any atom is 0.228 e. The smallest absolute Gasteiger partial charge is 0.228 e. The van der Waals surface area contributed by atoms with Gasteiger partial charge in [0.1, 0.15) is 30.0 Å². The highest BCUT2D eigenvalue weighted by Gasteiger charge is 2.11. The van der Waals surface area contributed by atoms with E-state index in [4.69, 9.17) is 32.8 Å². The molecule has 0 aromatic heterocycles. The van der Waals surface area contributed by atoms with E-state index in [1.807, 2.05) is 26.0 Å². The average Bonchev–Trinajstić information content (AvgIpc) is 2.80.